The molecule has 28 valence electrons. The van der Waals surface area contributed by atoms with Gasteiger partial charge in [-0.3, -0.25) is 0 Å². The van der Waals surface area contributed by atoms with E-state index < -0.39 is 9.05 Å². The van der Waals surface area contributed by atoms with Gasteiger partial charge in [-0.25, -0.2) is 0 Å². The van der Waals surface area contributed by atoms with Crippen molar-refractivity contribution >= 4 is 9.05 Å². The Bertz CT molecular complexity index is 46.5. The average molecular weight is 92.1 g/mol. The van der Waals surface area contributed by atoms with Gasteiger partial charge in [-0.05, 0) is 0 Å². The van der Waals surface area contributed by atoms with E-state index in [4.69, 9.17) is 0 Å². The monoisotopic (exact) mass is 92.0 g/mol. The smallest absolute Gasteiger partial charge is 0.197 e. The van der Waals surface area contributed by atoms with Crippen LogP contribution >= 0.6 is 0 Å². The molecule has 0 bridgehead atoms. The summed E-state index contributed by atoms with van der Waals surface area (Å²) in [6.45, 7) is 0. The largest absolute Gasteiger partial charge is 0.789 e. The first-order valence-electron chi connectivity index (χ1n) is 1.15. The molecule has 0 aromatic carbocycles. The van der Waals surface area contributed by atoms with E-state index in [0.717, 1.165) is 0 Å². The molecule has 2 fully saturated rings. The highest BCUT2D eigenvalue weighted by molar-refractivity contribution is 6.63. The molecule has 5 heteroatoms. The first-order valence-corrected chi connectivity index (χ1v) is 2.78. The van der Waals surface area contributed by atoms with E-state index in [-0.39, 0.29) is 0 Å². The summed E-state index contributed by atoms with van der Waals surface area (Å²) in [5.74, 6) is 0. The molecule has 0 aromatic heterocycles. The molecule has 0 N–H and O–H groups in total. The highest BCUT2D eigenvalue weighted by atomic mass is 28.4. The highest BCUT2D eigenvalue weighted by Gasteiger charge is 2.80. The lowest BCUT2D eigenvalue weighted by Gasteiger charge is -1.20. The van der Waals surface area contributed by atoms with Crippen LogP contribution in [0.15, 0.2) is 0 Å². The summed E-state index contributed by atoms with van der Waals surface area (Å²) in [5, 5.41) is 0. The minimum Gasteiger partial charge on any atom is -0.197 e. The minimum absolute atomic E-state index is 2.11. The summed E-state index contributed by atoms with van der Waals surface area (Å²) in [4.78, 5) is 0. The topological polar surface area (TPSA) is 50.1 Å². The Morgan fingerprint density at radius 1 is 0.800 bits per heavy atom. The third-order valence-corrected chi connectivity index (χ3v) is 1.32. The van der Waals surface area contributed by atoms with Crippen LogP contribution in [0.2, 0.25) is 0 Å². The first-order chi connectivity index (χ1) is 2.41. The van der Waals surface area contributed by atoms with E-state index >= 15 is 0 Å². The van der Waals surface area contributed by atoms with Crippen molar-refractivity contribution < 1.29 is 18.3 Å². The van der Waals surface area contributed by atoms with E-state index in [2.05, 4.69) is 18.3 Å². The van der Waals surface area contributed by atoms with E-state index in [1.807, 2.05) is 0 Å². The Labute approximate surface area is 28.5 Å². The molecule has 2 aliphatic heterocycles. The van der Waals surface area contributed by atoms with Gasteiger partial charge in [-0.1, -0.05) is 0 Å². The van der Waals surface area contributed by atoms with Crippen LogP contribution in [0, 0.1) is 0 Å². The molecular weight excluding hydrogens is 92.1 g/mol. The van der Waals surface area contributed by atoms with E-state index in [0.29, 0.717) is 0 Å². The molecule has 2 aliphatic rings. The van der Waals surface area contributed by atoms with Crippen molar-refractivity contribution in [1.29, 1.82) is 0 Å². The summed E-state index contributed by atoms with van der Waals surface area (Å²) in [7, 11) is -2.11. The second-order valence-corrected chi connectivity index (χ2v) is 2.50. The molecule has 5 heavy (non-hydrogen) atoms. The van der Waals surface area contributed by atoms with Crippen molar-refractivity contribution in [3.05, 3.63) is 0 Å². The molecule has 2 heterocycles. The Morgan fingerprint density at radius 2 is 1.20 bits per heavy atom. The van der Waals surface area contributed by atoms with Gasteiger partial charge < -0.3 is 0 Å². The van der Waals surface area contributed by atoms with E-state index in [1.54, 1.807) is 0 Å². The summed E-state index contributed by atoms with van der Waals surface area (Å²) in [6.07, 6.45) is 0. The molecule has 4 nitrogen and oxygen atoms in total. The lowest BCUT2D eigenvalue weighted by Crippen LogP contribution is -1.83. The standard InChI is InChI=1S/O4Si/c1-2-5(1)3-4-5. The van der Waals surface area contributed by atoms with Gasteiger partial charge in [0.25, 0.3) is 0 Å². The Hall–Kier alpha value is 0.0569. The second-order valence-electron chi connectivity index (χ2n) is 0.833. The van der Waals surface area contributed by atoms with E-state index in [1.165, 1.54) is 0 Å². The molecule has 0 aliphatic carbocycles. The van der Waals surface area contributed by atoms with Gasteiger partial charge in [0.15, 0.2) is 0 Å². The van der Waals surface area contributed by atoms with Gasteiger partial charge in [0.05, 0.1) is 0 Å². The van der Waals surface area contributed by atoms with Crippen LogP contribution in [0.1, 0.15) is 0 Å². The summed E-state index contributed by atoms with van der Waals surface area (Å²) in [5.41, 5.74) is 0. The normalized spacial score (nSPS) is 38.4. The number of hydrogen-bond acceptors (Lipinski definition) is 4. The molecule has 2 rings (SSSR count). The molecule has 0 unspecified atom stereocenters. The van der Waals surface area contributed by atoms with Gasteiger partial charge in [0.2, 0.25) is 0 Å². The van der Waals surface area contributed by atoms with Crippen molar-refractivity contribution in [3.8, 4) is 0 Å². The minimum atomic E-state index is -2.11. The molecule has 1 spiro atoms. The van der Waals surface area contributed by atoms with Crippen molar-refractivity contribution in [1.82, 2.24) is 0 Å². The zero-order valence-electron chi connectivity index (χ0n) is 2.13. The zero-order valence-corrected chi connectivity index (χ0v) is 3.13. The van der Waals surface area contributed by atoms with Gasteiger partial charge in [-0.15, -0.1) is 0 Å². The Kier molecular flexibility index (Phi) is 0.170. The van der Waals surface area contributed by atoms with Crippen LogP contribution in [-0.4, -0.2) is 9.05 Å². The van der Waals surface area contributed by atoms with Crippen molar-refractivity contribution in [2.45, 2.75) is 0 Å². The zero-order chi connectivity index (χ0) is 3.33. The van der Waals surface area contributed by atoms with Crippen molar-refractivity contribution in [2.75, 3.05) is 0 Å². The number of rotatable bonds is 0. The lowest BCUT2D eigenvalue weighted by molar-refractivity contribution is 0.0850. The van der Waals surface area contributed by atoms with Crippen LogP contribution < -0.4 is 0 Å². The van der Waals surface area contributed by atoms with Crippen molar-refractivity contribution in [3.63, 3.8) is 0 Å². The number of hydrogen-bond donors (Lipinski definition) is 0. The maximum absolute atomic E-state index is 4.20. The van der Waals surface area contributed by atoms with Crippen LogP contribution in [-0.2, 0) is 18.3 Å². The molecule has 0 amide bonds. The van der Waals surface area contributed by atoms with E-state index in [9.17, 15) is 0 Å². The molecule has 0 saturated carbocycles. The van der Waals surface area contributed by atoms with Gasteiger partial charge >= 0.3 is 9.05 Å². The summed E-state index contributed by atoms with van der Waals surface area (Å²) >= 11 is 0. The van der Waals surface area contributed by atoms with Gasteiger partial charge in [0, 0.05) is 0 Å². The van der Waals surface area contributed by atoms with Crippen LogP contribution in [0.25, 0.3) is 0 Å². The Balaban J connectivity index is 2.30. The maximum Gasteiger partial charge on any atom is 0.789 e. The van der Waals surface area contributed by atoms with Gasteiger partial charge in [0.1, 0.15) is 0 Å². The fourth-order valence-corrected chi connectivity index (χ4v) is 0.779. The summed E-state index contributed by atoms with van der Waals surface area (Å²) < 4.78 is 16.8. The quantitative estimate of drug-likeness (QED) is 0.226. The van der Waals surface area contributed by atoms with Crippen LogP contribution in [0.4, 0.5) is 0 Å². The average Bonchev–Trinajstić information content (AvgIpc) is 2.17. The molecule has 0 radical (unpaired) electrons. The van der Waals surface area contributed by atoms with Crippen LogP contribution in [0.3, 0.4) is 0 Å². The predicted octanol–water partition coefficient (Wildman–Crippen LogP) is -0.654. The van der Waals surface area contributed by atoms with Crippen molar-refractivity contribution in [2.24, 2.45) is 0 Å². The SMILES string of the molecule is O1O[Si]12OO2. The first kappa shape index (κ1) is 2.27. The Morgan fingerprint density at radius 3 is 1.20 bits per heavy atom. The molecule has 0 atom stereocenters. The molecular formula is O4Si. The second kappa shape index (κ2) is 0.375. The predicted molar refractivity (Wildman–Crippen MR) is 10.1 cm³/mol. The molecule has 0 aromatic rings. The van der Waals surface area contributed by atoms with Crippen LogP contribution in [0.5, 0.6) is 0 Å². The molecule has 2 saturated heterocycles. The third-order valence-electron chi connectivity index (χ3n) is 0.439. The fourth-order valence-electron chi connectivity index (χ4n) is 0.124. The maximum atomic E-state index is 4.20. The fraction of sp³-hybridized carbons (Fsp3) is 0. The highest BCUT2D eigenvalue weighted by Crippen LogP contribution is 2.38. The third kappa shape index (κ3) is 0.170. The summed E-state index contributed by atoms with van der Waals surface area (Å²) in [6, 6.07) is 0. The van der Waals surface area contributed by atoms with Gasteiger partial charge in [-0.2, -0.15) is 18.3 Å². The lowest BCUT2D eigenvalue weighted by atomic mass is 15.0.